The van der Waals surface area contributed by atoms with E-state index in [1.807, 2.05) is 7.05 Å². The number of rotatable bonds is 6. The second kappa shape index (κ2) is 5.70. The van der Waals surface area contributed by atoms with Gasteiger partial charge in [-0.3, -0.25) is 0 Å². The first-order valence-electron chi connectivity index (χ1n) is 6.61. The molecule has 1 aliphatic rings. The summed E-state index contributed by atoms with van der Waals surface area (Å²) in [4.78, 5) is 0. The Morgan fingerprint density at radius 3 is 2.47 bits per heavy atom. The second-order valence-corrected chi connectivity index (χ2v) is 8.41. The van der Waals surface area contributed by atoms with Gasteiger partial charge in [-0.25, -0.2) is 8.42 Å². The molecule has 4 heteroatoms. The Balaban J connectivity index is 2.49. The average molecular weight is 261 g/mol. The topological polar surface area (TPSA) is 46.2 Å². The Bertz CT molecular complexity index is 335. The second-order valence-electron chi connectivity index (χ2n) is 6.15. The number of nitrogens with one attached hydrogen (secondary N) is 1. The third-order valence-electron chi connectivity index (χ3n) is 4.23. The van der Waals surface area contributed by atoms with Gasteiger partial charge in [0.15, 0.2) is 0 Å². The maximum atomic E-state index is 11.1. The van der Waals surface area contributed by atoms with Gasteiger partial charge in [0.25, 0.3) is 0 Å². The fourth-order valence-corrected chi connectivity index (χ4v) is 3.90. The summed E-state index contributed by atoms with van der Waals surface area (Å²) in [5.74, 6) is 1.00. The van der Waals surface area contributed by atoms with E-state index in [1.165, 1.54) is 25.5 Å². The van der Waals surface area contributed by atoms with Crippen molar-refractivity contribution in [2.75, 3.05) is 19.1 Å². The lowest BCUT2D eigenvalue weighted by molar-refractivity contribution is 0.195. The van der Waals surface area contributed by atoms with Crippen LogP contribution in [-0.4, -0.2) is 33.5 Å². The van der Waals surface area contributed by atoms with Crippen molar-refractivity contribution in [2.45, 2.75) is 52.0 Å². The van der Waals surface area contributed by atoms with Crippen molar-refractivity contribution in [2.24, 2.45) is 11.3 Å². The summed E-state index contributed by atoms with van der Waals surface area (Å²) < 4.78 is 22.3. The summed E-state index contributed by atoms with van der Waals surface area (Å²) >= 11 is 0. The van der Waals surface area contributed by atoms with Gasteiger partial charge in [-0.2, -0.15) is 0 Å². The van der Waals surface area contributed by atoms with Gasteiger partial charge in [0.05, 0.1) is 0 Å². The minimum Gasteiger partial charge on any atom is -0.317 e. The van der Waals surface area contributed by atoms with Crippen LogP contribution >= 0.6 is 0 Å². The molecule has 1 rings (SSSR count). The van der Waals surface area contributed by atoms with Crippen molar-refractivity contribution in [3.63, 3.8) is 0 Å². The average Bonchev–Trinajstić information content (AvgIpc) is 2.51. The van der Waals surface area contributed by atoms with Crippen LogP contribution < -0.4 is 5.32 Å². The summed E-state index contributed by atoms with van der Waals surface area (Å²) in [6.07, 6.45) is 6.94. The highest BCUT2D eigenvalue weighted by molar-refractivity contribution is 7.90. The number of sulfone groups is 1. The SMILES string of the molecule is CNC(CCCS(C)(=O)=O)C1CCCC1(C)C. The quantitative estimate of drug-likeness (QED) is 0.797. The minimum atomic E-state index is -2.81. The zero-order chi connectivity index (χ0) is 13.1. The molecule has 0 radical (unpaired) electrons. The molecule has 0 aromatic carbocycles. The Morgan fingerprint density at radius 2 is 2.06 bits per heavy atom. The molecule has 17 heavy (non-hydrogen) atoms. The predicted molar refractivity (Wildman–Crippen MR) is 72.9 cm³/mol. The molecule has 1 aliphatic carbocycles. The summed E-state index contributed by atoms with van der Waals surface area (Å²) in [6, 6.07) is 0.467. The van der Waals surface area contributed by atoms with Crippen molar-refractivity contribution in [1.29, 1.82) is 0 Å². The molecule has 0 aliphatic heterocycles. The van der Waals surface area contributed by atoms with Crippen LogP contribution in [0.3, 0.4) is 0 Å². The van der Waals surface area contributed by atoms with Crippen LogP contribution in [0.5, 0.6) is 0 Å². The Kier molecular flexibility index (Phi) is 5.02. The molecule has 0 aromatic heterocycles. The molecule has 1 saturated carbocycles. The minimum absolute atomic E-state index is 0.318. The van der Waals surface area contributed by atoms with Crippen molar-refractivity contribution < 1.29 is 8.42 Å². The first-order valence-corrected chi connectivity index (χ1v) is 8.67. The van der Waals surface area contributed by atoms with Crippen molar-refractivity contribution in [3.8, 4) is 0 Å². The number of hydrogen-bond donors (Lipinski definition) is 1. The van der Waals surface area contributed by atoms with Crippen molar-refractivity contribution >= 4 is 9.84 Å². The van der Waals surface area contributed by atoms with Gasteiger partial charge >= 0.3 is 0 Å². The largest absolute Gasteiger partial charge is 0.317 e. The van der Waals surface area contributed by atoms with Crippen molar-refractivity contribution in [1.82, 2.24) is 5.32 Å². The lowest BCUT2D eigenvalue weighted by Gasteiger charge is -2.34. The maximum Gasteiger partial charge on any atom is 0.147 e. The number of hydrogen-bond acceptors (Lipinski definition) is 3. The van der Waals surface area contributed by atoms with Gasteiger partial charge in [-0.1, -0.05) is 20.3 Å². The summed E-state index contributed by atoms with van der Waals surface area (Å²) in [5.41, 5.74) is 0.402. The Morgan fingerprint density at radius 1 is 1.41 bits per heavy atom. The first kappa shape index (κ1) is 15.0. The van der Waals surface area contributed by atoms with Gasteiger partial charge in [0.1, 0.15) is 9.84 Å². The van der Waals surface area contributed by atoms with Crippen LogP contribution in [0.25, 0.3) is 0 Å². The van der Waals surface area contributed by atoms with E-state index in [0.29, 0.717) is 23.1 Å². The molecule has 0 aromatic rings. The zero-order valence-corrected chi connectivity index (χ0v) is 12.4. The Hall–Kier alpha value is -0.0900. The van der Waals surface area contributed by atoms with Crippen molar-refractivity contribution in [3.05, 3.63) is 0 Å². The summed E-state index contributed by atoms with van der Waals surface area (Å²) in [5, 5.41) is 3.39. The van der Waals surface area contributed by atoms with Crippen LogP contribution in [0.15, 0.2) is 0 Å². The molecule has 1 fully saturated rings. The zero-order valence-electron chi connectivity index (χ0n) is 11.6. The molecule has 0 bridgehead atoms. The highest BCUT2D eigenvalue weighted by Gasteiger charge is 2.38. The van der Waals surface area contributed by atoms with E-state index in [0.717, 1.165) is 12.8 Å². The summed E-state index contributed by atoms with van der Waals surface area (Å²) in [7, 11) is -0.809. The first-order chi connectivity index (χ1) is 7.76. The van der Waals surface area contributed by atoms with E-state index in [4.69, 9.17) is 0 Å². The monoisotopic (exact) mass is 261 g/mol. The smallest absolute Gasteiger partial charge is 0.147 e. The normalized spacial score (nSPS) is 26.0. The van der Waals surface area contributed by atoms with E-state index >= 15 is 0 Å². The standard InChI is InChI=1S/C13H27NO2S/c1-13(2)9-5-7-11(13)12(14-3)8-6-10-17(4,15)16/h11-12,14H,5-10H2,1-4H3. The van der Waals surface area contributed by atoms with Crippen LogP contribution in [0, 0.1) is 11.3 Å². The third kappa shape index (κ3) is 4.59. The van der Waals surface area contributed by atoms with E-state index in [-0.39, 0.29) is 0 Å². The molecular weight excluding hydrogens is 234 g/mol. The molecule has 3 nitrogen and oxygen atoms in total. The van der Waals surface area contributed by atoms with Crippen LogP contribution in [0.1, 0.15) is 46.0 Å². The van der Waals surface area contributed by atoms with Crippen LogP contribution in [0.4, 0.5) is 0 Å². The highest BCUT2D eigenvalue weighted by atomic mass is 32.2. The molecule has 2 atom stereocenters. The van der Waals surface area contributed by atoms with E-state index in [1.54, 1.807) is 0 Å². The highest BCUT2D eigenvalue weighted by Crippen LogP contribution is 2.45. The fourth-order valence-electron chi connectivity index (χ4n) is 3.21. The molecule has 0 heterocycles. The van der Waals surface area contributed by atoms with Gasteiger partial charge in [0, 0.05) is 18.1 Å². The molecule has 102 valence electrons. The van der Waals surface area contributed by atoms with Gasteiger partial charge in [-0.05, 0) is 44.1 Å². The Labute approximate surface area is 106 Å². The molecular formula is C13H27NO2S. The van der Waals surface area contributed by atoms with Crippen LogP contribution in [0.2, 0.25) is 0 Å². The molecule has 0 saturated heterocycles. The predicted octanol–water partition coefficient (Wildman–Crippen LogP) is 2.23. The van der Waals surface area contributed by atoms with E-state index in [2.05, 4.69) is 19.2 Å². The van der Waals surface area contributed by atoms with E-state index in [9.17, 15) is 8.42 Å². The molecule has 2 unspecified atom stereocenters. The van der Waals surface area contributed by atoms with Gasteiger partial charge < -0.3 is 5.32 Å². The fraction of sp³-hybridized carbons (Fsp3) is 1.00. The third-order valence-corrected chi connectivity index (χ3v) is 5.26. The maximum absolute atomic E-state index is 11.1. The molecule has 1 N–H and O–H groups in total. The van der Waals surface area contributed by atoms with Gasteiger partial charge in [-0.15, -0.1) is 0 Å². The van der Waals surface area contributed by atoms with E-state index < -0.39 is 9.84 Å². The summed E-state index contributed by atoms with van der Waals surface area (Å²) in [6.45, 7) is 4.68. The van der Waals surface area contributed by atoms with Gasteiger partial charge in [0.2, 0.25) is 0 Å². The lowest BCUT2D eigenvalue weighted by atomic mass is 9.76. The molecule has 0 spiro atoms. The van der Waals surface area contributed by atoms with Crippen LogP contribution in [-0.2, 0) is 9.84 Å². The molecule has 0 amide bonds. The lowest BCUT2D eigenvalue weighted by Crippen LogP contribution is -2.39.